The van der Waals surface area contributed by atoms with Gasteiger partial charge in [0.2, 0.25) is 0 Å². The van der Waals surface area contributed by atoms with Gasteiger partial charge >= 0.3 is 0 Å². The van der Waals surface area contributed by atoms with E-state index in [0.717, 1.165) is 6.07 Å². The van der Waals surface area contributed by atoms with Crippen LogP contribution in [0.25, 0.3) is 0 Å². The van der Waals surface area contributed by atoms with Gasteiger partial charge in [0.15, 0.2) is 0 Å². The summed E-state index contributed by atoms with van der Waals surface area (Å²) in [5.41, 5.74) is 2.02. The molecule has 15 heavy (non-hydrogen) atoms. The molecule has 0 heterocycles. The first-order valence-electron chi connectivity index (χ1n) is 3.40. The fourth-order valence-electron chi connectivity index (χ4n) is 0.895. The largest absolute Gasteiger partial charge is 0.321 e. The topological polar surface area (TPSA) is 92.4 Å². The normalized spacial score (nSPS) is 11.5. The van der Waals surface area contributed by atoms with Crippen LogP contribution in [0.2, 0.25) is 15.1 Å². The Labute approximate surface area is 101 Å². The van der Waals surface area contributed by atoms with E-state index in [-0.39, 0.29) is 20.8 Å². The number of nitrogens with two attached hydrogens (primary N) is 1. The first-order valence-corrected chi connectivity index (χ1v) is 5.98. The van der Waals surface area contributed by atoms with Crippen molar-refractivity contribution in [1.29, 1.82) is 0 Å². The molecule has 9 heteroatoms. The minimum absolute atomic E-state index is 0.0310. The van der Waals surface area contributed by atoms with E-state index in [1.165, 1.54) is 0 Å². The van der Waals surface area contributed by atoms with Crippen molar-refractivity contribution >= 4 is 50.6 Å². The quantitative estimate of drug-likeness (QED) is 0.336. The molecule has 1 aromatic rings. The van der Waals surface area contributed by atoms with Gasteiger partial charge in [0.1, 0.15) is 4.90 Å². The number of hydrogen-bond acceptors (Lipinski definition) is 4. The predicted molar refractivity (Wildman–Crippen MR) is 59.1 cm³/mol. The lowest BCUT2D eigenvalue weighted by atomic mass is 10.3. The fraction of sp³-hybridized carbons (Fsp3) is 0. The molecule has 0 radical (unpaired) electrons. The van der Waals surface area contributed by atoms with Crippen molar-refractivity contribution < 1.29 is 13.0 Å². The second-order valence-electron chi connectivity index (χ2n) is 2.48. The Kier molecular flexibility index (Phi) is 3.70. The summed E-state index contributed by atoms with van der Waals surface area (Å²) >= 11 is 16.9. The van der Waals surface area contributed by atoms with Crippen molar-refractivity contribution in [3.8, 4) is 0 Å². The maximum atomic E-state index is 10.9. The lowest BCUT2D eigenvalue weighted by molar-refractivity contribution is 0.483. The molecule has 0 aliphatic rings. The number of nitrogen functional groups attached to an aromatic ring is 1. The van der Waals surface area contributed by atoms with E-state index in [9.17, 15) is 8.42 Å². The molecular formula is C6H5Cl3N2O3S. The number of benzene rings is 1. The zero-order chi connectivity index (χ0) is 11.8. The van der Waals surface area contributed by atoms with Gasteiger partial charge in [-0.15, -0.1) is 0 Å². The third kappa shape index (κ3) is 2.47. The highest BCUT2D eigenvalue weighted by molar-refractivity contribution is 7.86. The maximum Gasteiger partial charge on any atom is 0.296 e. The fourth-order valence-corrected chi connectivity index (χ4v) is 2.51. The molecule has 0 atom stereocenters. The molecule has 0 aromatic heterocycles. The molecule has 4 N–H and O–H groups in total. The van der Waals surface area contributed by atoms with Crippen LogP contribution < -0.4 is 11.3 Å². The second kappa shape index (κ2) is 4.32. The van der Waals surface area contributed by atoms with Crippen LogP contribution in [0.1, 0.15) is 0 Å². The Balaban J connectivity index is 3.66. The van der Waals surface area contributed by atoms with Crippen molar-refractivity contribution in [3.63, 3.8) is 0 Å². The van der Waals surface area contributed by atoms with Gasteiger partial charge in [-0.25, -0.2) is 0 Å². The Morgan fingerprint density at radius 3 is 2.20 bits per heavy atom. The van der Waals surface area contributed by atoms with E-state index in [1.807, 2.05) is 0 Å². The van der Waals surface area contributed by atoms with Crippen LogP contribution in [-0.2, 0) is 10.1 Å². The van der Waals surface area contributed by atoms with Crippen molar-refractivity contribution in [2.24, 2.45) is 5.84 Å². The van der Waals surface area contributed by atoms with E-state index in [4.69, 9.17) is 45.2 Å². The molecule has 1 aromatic carbocycles. The van der Waals surface area contributed by atoms with E-state index >= 15 is 0 Å². The molecule has 0 amide bonds. The van der Waals surface area contributed by atoms with E-state index in [1.54, 1.807) is 0 Å². The van der Waals surface area contributed by atoms with Gasteiger partial charge in [-0.1, -0.05) is 34.8 Å². The van der Waals surface area contributed by atoms with E-state index in [0.29, 0.717) is 0 Å². The summed E-state index contributed by atoms with van der Waals surface area (Å²) in [4.78, 5) is -0.563. The molecule has 0 aliphatic heterocycles. The Morgan fingerprint density at radius 2 is 1.80 bits per heavy atom. The molecule has 1 rings (SSSR count). The molecule has 0 saturated carbocycles. The van der Waals surface area contributed by atoms with Gasteiger partial charge in [0.05, 0.1) is 20.8 Å². The van der Waals surface area contributed by atoms with E-state index < -0.39 is 15.0 Å². The zero-order valence-corrected chi connectivity index (χ0v) is 10.0. The van der Waals surface area contributed by atoms with Crippen LogP contribution >= 0.6 is 34.8 Å². The summed E-state index contributed by atoms with van der Waals surface area (Å²) in [5.74, 6) is 5.08. The molecule has 0 fully saturated rings. The van der Waals surface area contributed by atoms with Crippen LogP contribution in [0.5, 0.6) is 0 Å². The number of anilines is 1. The van der Waals surface area contributed by atoms with Crippen LogP contribution in [0, 0.1) is 0 Å². The molecule has 0 aliphatic carbocycles. The molecule has 5 nitrogen and oxygen atoms in total. The highest BCUT2D eigenvalue weighted by atomic mass is 35.5. The lowest BCUT2D eigenvalue weighted by Gasteiger charge is -2.10. The minimum atomic E-state index is -4.48. The SMILES string of the molecule is NNc1c(Cl)c(Cl)cc(S(=O)(=O)O)c1Cl. The molecule has 0 unspecified atom stereocenters. The van der Waals surface area contributed by atoms with Crippen LogP contribution in [0.4, 0.5) is 5.69 Å². The summed E-state index contributed by atoms with van der Waals surface area (Å²) in [6.07, 6.45) is 0. The first kappa shape index (κ1) is 12.8. The van der Waals surface area contributed by atoms with Crippen molar-refractivity contribution in [1.82, 2.24) is 0 Å². The number of hydrogen-bond donors (Lipinski definition) is 3. The highest BCUT2D eigenvalue weighted by Gasteiger charge is 2.21. The number of halogens is 3. The number of nitrogens with one attached hydrogen (secondary N) is 1. The second-order valence-corrected chi connectivity index (χ2v) is 5.03. The highest BCUT2D eigenvalue weighted by Crippen LogP contribution is 2.39. The summed E-state index contributed by atoms with van der Waals surface area (Å²) < 4.78 is 30.6. The van der Waals surface area contributed by atoms with Gasteiger partial charge in [-0.2, -0.15) is 8.42 Å². The Hall–Kier alpha value is -0.240. The van der Waals surface area contributed by atoms with Crippen molar-refractivity contribution in [2.45, 2.75) is 4.90 Å². The molecule has 0 saturated heterocycles. The Bertz CT molecular complexity index is 503. The molecular weight excluding hydrogens is 287 g/mol. The van der Waals surface area contributed by atoms with Gasteiger partial charge in [-0.3, -0.25) is 10.4 Å². The molecule has 84 valence electrons. The summed E-state index contributed by atoms with van der Waals surface area (Å²) in [6, 6.07) is 0.933. The molecule has 0 spiro atoms. The average molecular weight is 292 g/mol. The predicted octanol–water partition coefficient (Wildman–Crippen LogP) is 2.18. The monoisotopic (exact) mass is 290 g/mol. The van der Waals surface area contributed by atoms with Crippen molar-refractivity contribution in [3.05, 3.63) is 21.1 Å². The maximum absolute atomic E-state index is 10.9. The van der Waals surface area contributed by atoms with Gasteiger partial charge in [-0.05, 0) is 6.07 Å². The van der Waals surface area contributed by atoms with Gasteiger partial charge in [0.25, 0.3) is 10.1 Å². The first-order chi connectivity index (χ1) is 6.79. The standard InChI is InChI=1S/C6H5Cl3N2O3S/c7-2-1-3(15(12,13)14)5(9)6(11-10)4(2)8/h1,11H,10H2,(H,12,13,14). The lowest BCUT2D eigenvalue weighted by Crippen LogP contribution is -2.10. The van der Waals surface area contributed by atoms with Crippen molar-refractivity contribution in [2.75, 3.05) is 5.43 Å². The third-order valence-corrected chi connectivity index (χ3v) is 3.71. The summed E-state index contributed by atoms with van der Waals surface area (Å²) in [5, 5.41) is -0.451. The summed E-state index contributed by atoms with van der Waals surface area (Å²) in [6.45, 7) is 0. The smallest absolute Gasteiger partial charge is 0.296 e. The van der Waals surface area contributed by atoms with Crippen LogP contribution in [0.3, 0.4) is 0 Å². The zero-order valence-electron chi connectivity index (χ0n) is 6.96. The summed E-state index contributed by atoms with van der Waals surface area (Å²) in [7, 11) is -4.48. The van der Waals surface area contributed by atoms with Crippen LogP contribution in [-0.4, -0.2) is 13.0 Å². The van der Waals surface area contributed by atoms with Crippen LogP contribution in [0.15, 0.2) is 11.0 Å². The molecule has 0 bridgehead atoms. The average Bonchev–Trinajstić information content (AvgIpc) is 2.10. The van der Waals surface area contributed by atoms with Gasteiger partial charge < -0.3 is 5.43 Å². The minimum Gasteiger partial charge on any atom is -0.321 e. The van der Waals surface area contributed by atoms with E-state index in [2.05, 4.69) is 5.43 Å². The third-order valence-electron chi connectivity index (χ3n) is 1.55. The Morgan fingerprint density at radius 1 is 1.27 bits per heavy atom. The number of hydrazine groups is 1. The number of rotatable bonds is 2. The van der Waals surface area contributed by atoms with Gasteiger partial charge in [0, 0.05) is 0 Å².